The molecular formula is C35H37FN4O4. The van der Waals surface area contributed by atoms with Crippen LogP contribution in [0.5, 0.6) is 5.75 Å². The smallest absolute Gasteiger partial charge is 0.265 e. The molecule has 0 unspecified atom stereocenters. The lowest BCUT2D eigenvalue weighted by Gasteiger charge is -2.22. The van der Waals surface area contributed by atoms with Gasteiger partial charge in [0.15, 0.2) is 0 Å². The normalized spacial score (nSPS) is 14.7. The van der Waals surface area contributed by atoms with E-state index in [-0.39, 0.29) is 11.4 Å². The van der Waals surface area contributed by atoms with Crippen molar-refractivity contribution in [2.75, 3.05) is 26.0 Å². The van der Waals surface area contributed by atoms with Crippen LogP contribution in [0.1, 0.15) is 46.3 Å². The summed E-state index contributed by atoms with van der Waals surface area (Å²) in [5.74, 6) is 0.207. The highest BCUT2D eigenvalue weighted by Gasteiger charge is 2.24. The van der Waals surface area contributed by atoms with Gasteiger partial charge in [0.05, 0.1) is 13.4 Å². The third-order valence-electron chi connectivity index (χ3n) is 8.48. The number of ether oxygens (including phenoxy) is 1. The van der Waals surface area contributed by atoms with Gasteiger partial charge >= 0.3 is 0 Å². The summed E-state index contributed by atoms with van der Waals surface area (Å²) in [6.07, 6.45) is 4.73. The molecule has 1 saturated carbocycles. The zero-order chi connectivity index (χ0) is 31.5. The molecule has 44 heavy (non-hydrogen) atoms. The average molecular weight is 597 g/mol. The van der Waals surface area contributed by atoms with Crippen molar-refractivity contribution >= 4 is 17.4 Å². The Hall–Kier alpha value is -4.63. The fraction of sp³-hybridized carbons (Fsp3) is 0.314. The number of aryl methyl sites for hydroxylation is 1. The molecule has 4 aromatic rings. The molecule has 1 amide bonds. The Bertz CT molecular complexity index is 1800. The highest BCUT2D eigenvalue weighted by atomic mass is 19.1. The SMILES string of the molecule is COc1cc(-c2cccc(-c3cccc(NC(=O)c4cncn(C)c4=O)c3C)c2C)cc(F)c1CN(C)C[C@H]1CCC(=O)C1. The topological polar surface area (TPSA) is 93.5 Å². The predicted octanol–water partition coefficient (Wildman–Crippen LogP) is 5.93. The van der Waals surface area contributed by atoms with Crippen LogP contribution in [0, 0.1) is 25.6 Å². The second kappa shape index (κ2) is 12.9. The van der Waals surface area contributed by atoms with Crippen molar-refractivity contribution in [3.05, 3.63) is 99.5 Å². The summed E-state index contributed by atoms with van der Waals surface area (Å²) in [4.78, 5) is 43.1. The number of aromatic nitrogens is 2. The standard InChI is InChI=1S/C35H37FN4O4/c1-21-26(24-15-31(36)30(33(16-24)44-5)19-39(3)18-23-12-13-25(41)14-23)8-6-9-27(21)28-10-7-11-32(22(28)2)38-34(42)29-17-37-20-40(4)35(29)43/h6-11,15-17,20,23H,12-14,18-19H2,1-5H3,(H,38,42)/t23-/m0/s1. The van der Waals surface area contributed by atoms with Crippen LogP contribution in [0.2, 0.25) is 0 Å². The number of hydrogen-bond acceptors (Lipinski definition) is 6. The van der Waals surface area contributed by atoms with Crippen LogP contribution in [0.4, 0.5) is 10.1 Å². The van der Waals surface area contributed by atoms with Crippen LogP contribution >= 0.6 is 0 Å². The summed E-state index contributed by atoms with van der Waals surface area (Å²) >= 11 is 0. The van der Waals surface area contributed by atoms with Gasteiger partial charge in [0.1, 0.15) is 22.9 Å². The van der Waals surface area contributed by atoms with Crippen molar-refractivity contribution < 1.29 is 18.7 Å². The van der Waals surface area contributed by atoms with Crippen molar-refractivity contribution in [1.82, 2.24) is 14.5 Å². The Labute approximate surface area is 256 Å². The maximum atomic E-state index is 15.7. The Morgan fingerprint density at radius 3 is 2.50 bits per heavy atom. The van der Waals surface area contributed by atoms with E-state index in [0.29, 0.717) is 53.7 Å². The highest BCUT2D eigenvalue weighted by Crippen LogP contribution is 2.38. The third kappa shape index (κ3) is 6.33. The van der Waals surface area contributed by atoms with E-state index in [1.54, 1.807) is 26.3 Å². The van der Waals surface area contributed by atoms with E-state index in [1.165, 1.54) is 17.1 Å². The Morgan fingerprint density at radius 1 is 1.09 bits per heavy atom. The molecule has 9 heteroatoms. The quantitative estimate of drug-likeness (QED) is 0.257. The van der Waals surface area contributed by atoms with Crippen LogP contribution in [-0.4, -0.2) is 46.8 Å². The number of benzene rings is 3. The average Bonchev–Trinajstić information content (AvgIpc) is 3.40. The van der Waals surface area contributed by atoms with Crippen LogP contribution in [0.15, 0.2) is 65.8 Å². The molecule has 8 nitrogen and oxygen atoms in total. The largest absolute Gasteiger partial charge is 0.496 e. The van der Waals surface area contributed by atoms with E-state index in [1.807, 2.05) is 57.3 Å². The summed E-state index contributed by atoms with van der Waals surface area (Å²) < 4.78 is 22.6. The molecular weight excluding hydrogens is 559 g/mol. The van der Waals surface area contributed by atoms with Gasteiger partial charge in [0.25, 0.3) is 11.5 Å². The molecule has 0 bridgehead atoms. The monoisotopic (exact) mass is 596 g/mol. The van der Waals surface area contributed by atoms with Crippen molar-refractivity contribution in [2.24, 2.45) is 13.0 Å². The van der Waals surface area contributed by atoms with Gasteiger partial charge in [-0.25, -0.2) is 9.37 Å². The first kappa shape index (κ1) is 30.8. The van der Waals surface area contributed by atoms with Gasteiger partial charge in [-0.15, -0.1) is 0 Å². The molecule has 5 rings (SSSR count). The third-order valence-corrected chi connectivity index (χ3v) is 8.48. The fourth-order valence-corrected chi connectivity index (χ4v) is 6.08. The number of amides is 1. The van der Waals surface area contributed by atoms with Crippen molar-refractivity contribution in [3.63, 3.8) is 0 Å². The van der Waals surface area contributed by atoms with E-state index in [0.717, 1.165) is 40.8 Å². The minimum Gasteiger partial charge on any atom is -0.496 e. The van der Waals surface area contributed by atoms with Crippen molar-refractivity contribution in [1.29, 1.82) is 0 Å². The van der Waals surface area contributed by atoms with Crippen LogP contribution < -0.4 is 15.6 Å². The predicted molar refractivity (Wildman–Crippen MR) is 169 cm³/mol. The number of ketones is 1. The molecule has 0 spiro atoms. The maximum Gasteiger partial charge on any atom is 0.265 e. The van der Waals surface area contributed by atoms with E-state index >= 15 is 4.39 Å². The Balaban J connectivity index is 1.43. The van der Waals surface area contributed by atoms with Crippen LogP contribution in [0.25, 0.3) is 22.3 Å². The van der Waals surface area contributed by atoms with Crippen molar-refractivity contribution in [2.45, 2.75) is 39.7 Å². The summed E-state index contributed by atoms with van der Waals surface area (Å²) in [6, 6.07) is 14.9. The second-order valence-corrected chi connectivity index (χ2v) is 11.6. The molecule has 1 N–H and O–H groups in total. The number of carbonyl (C=O) groups is 2. The number of rotatable bonds is 9. The molecule has 1 atom stereocenters. The number of anilines is 1. The molecule has 228 valence electrons. The number of hydrogen-bond donors (Lipinski definition) is 1. The van der Waals surface area contributed by atoms with Gasteiger partial charge in [0.2, 0.25) is 0 Å². The number of Topliss-reactive ketones (excluding diaryl/α,β-unsaturated/α-hetero) is 1. The van der Waals surface area contributed by atoms with E-state index < -0.39 is 11.5 Å². The number of nitrogens with one attached hydrogen (secondary N) is 1. The van der Waals surface area contributed by atoms with E-state index in [2.05, 4.69) is 15.2 Å². The molecule has 1 aromatic heterocycles. The molecule has 0 radical (unpaired) electrons. The van der Waals surface area contributed by atoms with Gasteiger partial charge < -0.3 is 19.5 Å². The zero-order valence-corrected chi connectivity index (χ0v) is 25.7. The first-order valence-electron chi connectivity index (χ1n) is 14.7. The lowest BCUT2D eigenvalue weighted by atomic mass is 9.90. The van der Waals surface area contributed by atoms with Gasteiger partial charge in [0, 0.05) is 50.4 Å². The molecule has 1 fully saturated rings. The van der Waals surface area contributed by atoms with Crippen molar-refractivity contribution in [3.8, 4) is 28.0 Å². The molecule has 0 saturated heterocycles. The highest BCUT2D eigenvalue weighted by molar-refractivity contribution is 6.04. The summed E-state index contributed by atoms with van der Waals surface area (Å²) in [5.41, 5.74) is 5.74. The summed E-state index contributed by atoms with van der Waals surface area (Å²) in [5, 5.41) is 2.86. The summed E-state index contributed by atoms with van der Waals surface area (Å²) in [7, 11) is 5.03. The first-order chi connectivity index (χ1) is 21.1. The van der Waals surface area contributed by atoms with Crippen LogP contribution in [0.3, 0.4) is 0 Å². The number of carbonyl (C=O) groups excluding carboxylic acids is 2. The molecule has 3 aromatic carbocycles. The van der Waals surface area contributed by atoms with Gasteiger partial charge in [-0.05, 0) is 84.8 Å². The molecule has 1 aliphatic rings. The minimum absolute atomic E-state index is 0.0442. The van der Waals surface area contributed by atoms with Gasteiger partial charge in [-0.2, -0.15) is 0 Å². The number of nitrogens with zero attached hydrogens (tertiary/aromatic N) is 3. The molecule has 1 heterocycles. The number of methoxy groups -OCH3 is 1. The summed E-state index contributed by atoms with van der Waals surface area (Å²) in [6.45, 7) is 5.01. The fourth-order valence-electron chi connectivity index (χ4n) is 6.08. The lowest BCUT2D eigenvalue weighted by molar-refractivity contribution is -0.117. The Morgan fingerprint density at radius 2 is 1.80 bits per heavy atom. The van der Waals surface area contributed by atoms with Crippen LogP contribution in [-0.2, 0) is 18.4 Å². The first-order valence-corrected chi connectivity index (χ1v) is 14.7. The van der Waals surface area contributed by atoms with Gasteiger partial charge in [-0.3, -0.25) is 14.4 Å². The van der Waals surface area contributed by atoms with E-state index in [4.69, 9.17) is 4.74 Å². The second-order valence-electron chi connectivity index (χ2n) is 11.6. The Kier molecular flexibility index (Phi) is 9.06. The van der Waals surface area contributed by atoms with Gasteiger partial charge in [-0.1, -0.05) is 30.3 Å². The zero-order valence-electron chi connectivity index (χ0n) is 25.7. The molecule has 1 aliphatic carbocycles. The minimum atomic E-state index is -0.533. The maximum absolute atomic E-state index is 15.7. The van der Waals surface area contributed by atoms with E-state index in [9.17, 15) is 14.4 Å². The molecule has 0 aliphatic heterocycles. The number of halogens is 1. The lowest BCUT2D eigenvalue weighted by Crippen LogP contribution is -2.28.